The van der Waals surface area contributed by atoms with E-state index < -0.39 is 10.1 Å². The molecule has 1 aromatic heterocycles. The van der Waals surface area contributed by atoms with Crippen LogP contribution in [0.15, 0.2) is 82.8 Å². The van der Waals surface area contributed by atoms with Gasteiger partial charge in [-0.25, -0.2) is 4.98 Å². The molecule has 0 saturated carbocycles. The average molecular weight is 440 g/mol. The molecule has 0 unspecified atom stereocenters. The Hall–Kier alpha value is -3.43. The van der Waals surface area contributed by atoms with Crippen LogP contribution in [0.3, 0.4) is 0 Å². The SMILES string of the molecule is COc1cc(/C=N/Nc2nc3ccccc3s2)ccc1OS(=O)(=O)c1ccccc1. The first kappa shape index (κ1) is 19.9. The highest BCUT2D eigenvalue weighted by atomic mass is 32.2. The van der Waals surface area contributed by atoms with E-state index in [1.54, 1.807) is 36.5 Å². The number of hydrazone groups is 1. The van der Waals surface area contributed by atoms with Gasteiger partial charge in [-0.05, 0) is 48.0 Å². The Morgan fingerprint density at radius 1 is 1.00 bits per heavy atom. The summed E-state index contributed by atoms with van der Waals surface area (Å²) in [6.07, 6.45) is 1.59. The molecule has 0 aliphatic heterocycles. The number of para-hydroxylation sites is 1. The highest BCUT2D eigenvalue weighted by Gasteiger charge is 2.18. The number of aromatic nitrogens is 1. The minimum absolute atomic E-state index is 0.0673. The predicted octanol–water partition coefficient (Wildman–Crippen LogP) is 4.52. The second kappa shape index (κ2) is 8.52. The number of rotatable bonds is 7. The number of anilines is 1. The molecule has 3 aromatic carbocycles. The third-order valence-corrected chi connectivity index (χ3v) is 6.28. The summed E-state index contributed by atoms with van der Waals surface area (Å²) in [5.74, 6) is 0.371. The molecule has 0 amide bonds. The van der Waals surface area contributed by atoms with Crippen LogP contribution in [-0.4, -0.2) is 26.7 Å². The first-order valence-electron chi connectivity index (χ1n) is 8.87. The van der Waals surface area contributed by atoms with E-state index in [4.69, 9.17) is 8.92 Å². The quantitative estimate of drug-likeness (QED) is 0.259. The summed E-state index contributed by atoms with van der Waals surface area (Å²) in [5.41, 5.74) is 4.51. The zero-order chi connectivity index (χ0) is 21.0. The molecule has 4 aromatic rings. The van der Waals surface area contributed by atoms with Gasteiger partial charge in [-0.1, -0.05) is 41.7 Å². The number of ether oxygens (including phenoxy) is 1. The van der Waals surface area contributed by atoms with E-state index in [1.165, 1.54) is 36.6 Å². The van der Waals surface area contributed by atoms with Gasteiger partial charge in [0.1, 0.15) is 4.90 Å². The molecule has 0 radical (unpaired) electrons. The van der Waals surface area contributed by atoms with Crippen molar-refractivity contribution in [1.82, 2.24) is 4.98 Å². The summed E-state index contributed by atoms with van der Waals surface area (Å²) < 4.78 is 36.5. The monoisotopic (exact) mass is 439 g/mol. The molecule has 0 aliphatic carbocycles. The van der Waals surface area contributed by atoms with Gasteiger partial charge < -0.3 is 8.92 Å². The van der Waals surface area contributed by atoms with E-state index in [9.17, 15) is 8.42 Å². The summed E-state index contributed by atoms with van der Waals surface area (Å²) in [4.78, 5) is 4.51. The Morgan fingerprint density at radius 3 is 2.53 bits per heavy atom. The lowest BCUT2D eigenvalue weighted by atomic mass is 10.2. The van der Waals surface area contributed by atoms with Crippen molar-refractivity contribution >= 4 is 43.0 Å². The molecule has 0 atom stereocenters. The average Bonchev–Trinajstić information content (AvgIpc) is 3.18. The molecule has 0 aliphatic rings. The molecule has 0 fully saturated rings. The smallest absolute Gasteiger partial charge is 0.339 e. The first-order chi connectivity index (χ1) is 14.5. The van der Waals surface area contributed by atoms with Crippen molar-refractivity contribution in [2.24, 2.45) is 5.10 Å². The lowest BCUT2D eigenvalue weighted by Crippen LogP contribution is -2.10. The number of benzene rings is 3. The van der Waals surface area contributed by atoms with Crippen LogP contribution in [-0.2, 0) is 10.1 Å². The Balaban J connectivity index is 1.49. The number of nitrogens with zero attached hydrogens (tertiary/aromatic N) is 2. The standard InChI is InChI=1S/C21H17N3O4S2/c1-27-19-13-15(14-22-24-21-23-17-9-5-6-10-20(17)29-21)11-12-18(19)28-30(25,26)16-7-3-2-4-8-16/h2-14H,1H3,(H,23,24)/b22-14+. The fourth-order valence-electron chi connectivity index (χ4n) is 2.67. The highest BCUT2D eigenvalue weighted by Crippen LogP contribution is 2.30. The molecule has 7 nitrogen and oxygen atoms in total. The molecule has 30 heavy (non-hydrogen) atoms. The van der Waals surface area contributed by atoms with Gasteiger partial charge in [-0.15, -0.1) is 0 Å². The van der Waals surface area contributed by atoms with Crippen LogP contribution in [0.5, 0.6) is 11.5 Å². The lowest BCUT2D eigenvalue weighted by molar-refractivity contribution is 0.390. The fourth-order valence-corrected chi connectivity index (χ4v) is 4.45. The van der Waals surface area contributed by atoms with Gasteiger partial charge in [0.2, 0.25) is 5.13 Å². The molecule has 4 rings (SSSR count). The van der Waals surface area contributed by atoms with Crippen molar-refractivity contribution in [2.45, 2.75) is 4.90 Å². The minimum atomic E-state index is -3.96. The molecule has 9 heteroatoms. The molecular weight excluding hydrogens is 422 g/mol. The number of hydrogen-bond donors (Lipinski definition) is 1. The van der Waals surface area contributed by atoms with Crippen LogP contribution in [0.1, 0.15) is 5.56 Å². The summed E-state index contributed by atoms with van der Waals surface area (Å²) in [7, 11) is -2.52. The summed E-state index contributed by atoms with van der Waals surface area (Å²) >= 11 is 1.50. The zero-order valence-electron chi connectivity index (χ0n) is 15.8. The highest BCUT2D eigenvalue weighted by molar-refractivity contribution is 7.87. The van der Waals surface area contributed by atoms with Gasteiger partial charge in [0.15, 0.2) is 11.5 Å². The molecule has 152 valence electrons. The topological polar surface area (TPSA) is 89.9 Å². The lowest BCUT2D eigenvalue weighted by Gasteiger charge is -2.11. The summed E-state index contributed by atoms with van der Waals surface area (Å²) in [6.45, 7) is 0. The van der Waals surface area contributed by atoms with Crippen molar-refractivity contribution in [3.63, 3.8) is 0 Å². The van der Waals surface area contributed by atoms with Crippen LogP contribution in [0.2, 0.25) is 0 Å². The van der Waals surface area contributed by atoms with Gasteiger partial charge >= 0.3 is 10.1 Å². The van der Waals surface area contributed by atoms with Crippen molar-refractivity contribution < 1.29 is 17.3 Å². The number of thiazole rings is 1. The van der Waals surface area contributed by atoms with Crippen molar-refractivity contribution in [3.8, 4) is 11.5 Å². The Bertz CT molecular complexity index is 1270. The largest absolute Gasteiger partial charge is 0.493 e. The maximum absolute atomic E-state index is 12.4. The van der Waals surface area contributed by atoms with E-state index in [2.05, 4.69) is 15.5 Å². The molecule has 0 spiro atoms. The predicted molar refractivity (Wildman–Crippen MR) is 118 cm³/mol. The van der Waals surface area contributed by atoms with Gasteiger partial charge in [0, 0.05) is 0 Å². The molecule has 1 heterocycles. The Morgan fingerprint density at radius 2 is 1.77 bits per heavy atom. The molecule has 1 N–H and O–H groups in total. The second-order valence-electron chi connectivity index (χ2n) is 6.12. The van der Waals surface area contributed by atoms with Crippen molar-refractivity contribution in [1.29, 1.82) is 0 Å². The maximum Gasteiger partial charge on any atom is 0.339 e. The maximum atomic E-state index is 12.4. The van der Waals surface area contributed by atoms with Gasteiger partial charge in [-0.2, -0.15) is 13.5 Å². The Kier molecular flexibility index (Phi) is 5.64. The van der Waals surface area contributed by atoms with Crippen LogP contribution >= 0.6 is 11.3 Å². The summed E-state index contributed by atoms with van der Waals surface area (Å²) in [5, 5.41) is 4.87. The molecule has 0 bridgehead atoms. The van der Waals surface area contributed by atoms with E-state index in [0.717, 1.165) is 10.2 Å². The third-order valence-electron chi connectivity index (χ3n) is 4.09. The summed E-state index contributed by atoms with van der Waals surface area (Å²) in [6, 6.07) is 20.6. The van der Waals surface area contributed by atoms with Crippen LogP contribution < -0.4 is 14.3 Å². The number of hydrogen-bond acceptors (Lipinski definition) is 8. The van der Waals surface area contributed by atoms with E-state index in [0.29, 0.717) is 10.7 Å². The van der Waals surface area contributed by atoms with Crippen LogP contribution in [0.25, 0.3) is 10.2 Å². The fraction of sp³-hybridized carbons (Fsp3) is 0.0476. The third kappa shape index (κ3) is 4.42. The van der Waals surface area contributed by atoms with Crippen LogP contribution in [0.4, 0.5) is 5.13 Å². The van der Waals surface area contributed by atoms with E-state index in [1.807, 2.05) is 24.3 Å². The molecular formula is C21H17N3O4S2. The van der Waals surface area contributed by atoms with Crippen molar-refractivity contribution in [3.05, 3.63) is 78.4 Å². The number of nitrogens with one attached hydrogen (secondary N) is 1. The minimum Gasteiger partial charge on any atom is -0.493 e. The first-order valence-corrected chi connectivity index (χ1v) is 11.1. The zero-order valence-corrected chi connectivity index (χ0v) is 17.5. The number of fused-ring (bicyclic) bond motifs is 1. The van der Waals surface area contributed by atoms with Gasteiger partial charge in [-0.3, -0.25) is 5.43 Å². The van der Waals surface area contributed by atoms with Crippen molar-refractivity contribution in [2.75, 3.05) is 12.5 Å². The Labute approximate surface area is 177 Å². The molecule has 0 saturated heterocycles. The van der Waals surface area contributed by atoms with Gasteiger partial charge in [0.25, 0.3) is 0 Å². The van der Waals surface area contributed by atoms with Gasteiger partial charge in [0.05, 0.1) is 23.5 Å². The van der Waals surface area contributed by atoms with E-state index in [-0.39, 0.29) is 16.4 Å². The van der Waals surface area contributed by atoms with E-state index >= 15 is 0 Å². The normalized spacial score (nSPS) is 11.6. The second-order valence-corrected chi connectivity index (χ2v) is 8.69. The number of methoxy groups -OCH3 is 1. The van der Waals surface area contributed by atoms with Crippen LogP contribution in [0, 0.1) is 0 Å².